The third-order valence-corrected chi connectivity index (χ3v) is 2.95. The lowest BCUT2D eigenvalue weighted by atomic mass is 10.0. The fraction of sp³-hybridized carbons (Fsp3) is 0.529. The molecule has 142 valence electrons. The lowest BCUT2D eigenvalue weighted by molar-refractivity contribution is -0.159. The third kappa shape index (κ3) is 12.9. The number of hydrogen-bond acceptors (Lipinski definition) is 6. The van der Waals surface area contributed by atoms with Gasteiger partial charge in [0, 0.05) is 19.6 Å². The Labute approximate surface area is 147 Å². The molecule has 0 fully saturated rings. The van der Waals surface area contributed by atoms with Crippen molar-refractivity contribution < 1.29 is 29.3 Å². The number of carboxylic acid groups (broad SMARTS) is 2. The van der Waals surface area contributed by atoms with Gasteiger partial charge in [-0.3, -0.25) is 0 Å². The Balaban J connectivity index is 0.000000823. The SMILES string of the molecule is CC(C)c1cccc(OCCOCCNCCN)c1.O=C(O)C(=O)O. The summed E-state index contributed by atoms with van der Waals surface area (Å²) in [5.74, 6) is -2.21. The first-order valence-corrected chi connectivity index (χ1v) is 8.06. The standard InChI is InChI=1S/C15H26N2O2.C2H2O4/c1-13(2)14-4-3-5-15(12-14)19-11-10-18-9-8-17-7-6-16;3-1(4)2(5)6/h3-5,12-13,17H,6-11,16H2,1-2H3;(H,3,4)(H,5,6). The van der Waals surface area contributed by atoms with Crippen LogP contribution in [0.4, 0.5) is 0 Å². The van der Waals surface area contributed by atoms with Gasteiger partial charge in [-0.2, -0.15) is 0 Å². The first-order chi connectivity index (χ1) is 11.9. The summed E-state index contributed by atoms with van der Waals surface area (Å²) >= 11 is 0. The molecular formula is C17H28N2O6. The number of rotatable bonds is 10. The molecule has 0 aliphatic rings. The maximum absolute atomic E-state index is 9.10. The fourth-order valence-corrected chi connectivity index (χ4v) is 1.66. The summed E-state index contributed by atoms with van der Waals surface area (Å²) in [6, 6.07) is 8.22. The Morgan fingerprint density at radius 3 is 2.36 bits per heavy atom. The van der Waals surface area contributed by atoms with Crippen molar-refractivity contribution in [2.24, 2.45) is 5.73 Å². The quantitative estimate of drug-likeness (QED) is 0.359. The number of hydrogen-bond donors (Lipinski definition) is 4. The van der Waals surface area contributed by atoms with Crippen molar-refractivity contribution >= 4 is 11.9 Å². The van der Waals surface area contributed by atoms with Crippen LogP contribution in [0.2, 0.25) is 0 Å². The van der Waals surface area contributed by atoms with E-state index in [1.165, 1.54) is 5.56 Å². The molecule has 0 bridgehead atoms. The lowest BCUT2D eigenvalue weighted by Crippen LogP contribution is -2.26. The van der Waals surface area contributed by atoms with Crippen LogP contribution in [0.5, 0.6) is 5.75 Å². The highest BCUT2D eigenvalue weighted by Crippen LogP contribution is 2.19. The van der Waals surface area contributed by atoms with Gasteiger partial charge in [0.25, 0.3) is 0 Å². The van der Waals surface area contributed by atoms with E-state index < -0.39 is 11.9 Å². The predicted molar refractivity (Wildman–Crippen MR) is 94.0 cm³/mol. The molecule has 8 heteroatoms. The molecule has 0 radical (unpaired) electrons. The van der Waals surface area contributed by atoms with Crippen LogP contribution in [0.15, 0.2) is 24.3 Å². The minimum absolute atomic E-state index is 0.522. The van der Waals surface area contributed by atoms with Crippen LogP contribution < -0.4 is 15.8 Å². The molecule has 0 aliphatic carbocycles. The molecule has 0 saturated heterocycles. The van der Waals surface area contributed by atoms with E-state index in [9.17, 15) is 0 Å². The van der Waals surface area contributed by atoms with Crippen LogP contribution in [-0.4, -0.2) is 61.6 Å². The zero-order chi connectivity index (χ0) is 19.1. The first kappa shape index (κ1) is 22.8. The summed E-state index contributed by atoms with van der Waals surface area (Å²) in [5.41, 5.74) is 6.66. The van der Waals surface area contributed by atoms with Crippen LogP contribution >= 0.6 is 0 Å². The van der Waals surface area contributed by atoms with Crippen LogP contribution in [0, 0.1) is 0 Å². The topological polar surface area (TPSA) is 131 Å². The largest absolute Gasteiger partial charge is 0.491 e. The van der Waals surface area contributed by atoms with E-state index in [1.54, 1.807) is 0 Å². The van der Waals surface area contributed by atoms with E-state index in [0.29, 0.717) is 32.3 Å². The van der Waals surface area contributed by atoms with Gasteiger partial charge in [0.05, 0.1) is 13.2 Å². The number of nitrogens with two attached hydrogens (primary N) is 1. The van der Waals surface area contributed by atoms with Crippen LogP contribution in [0.3, 0.4) is 0 Å². The Morgan fingerprint density at radius 2 is 1.80 bits per heavy atom. The summed E-state index contributed by atoms with van der Waals surface area (Å²) in [6.07, 6.45) is 0. The highest BCUT2D eigenvalue weighted by atomic mass is 16.5. The van der Waals surface area contributed by atoms with Gasteiger partial charge in [0.15, 0.2) is 0 Å². The smallest absolute Gasteiger partial charge is 0.414 e. The monoisotopic (exact) mass is 356 g/mol. The molecule has 1 aromatic carbocycles. The van der Waals surface area contributed by atoms with Crippen molar-refractivity contribution in [3.05, 3.63) is 29.8 Å². The Hall–Kier alpha value is -2.16. The van der Waals surface area contributed by atoms with Crippen LogP contribution in [-0.2, 0) is 14.3 Å². The van der Waals surface area contributed by atoms with Gasteiger partial charge in [0.1, 0.15) is 12.4 Å². The Morgan fingerprint density at radius 1 is 1.12 bits per heavy atom. The highest BCUT2D eigenvalue weighted by molar-refractivity contribution is 6.27. The number of ether oxygens (including phenoxy) is 2. The fourth-order valence-electron chi connectivity index (χ4n) is 1.66. The molecular weight excluding hydrogens is 328 g/mol. The van der Waals surface area contributed by atoms with E-state index >= 15 is 0 Å². The predicted octanol–water partition coefficient (Wildman–Crippen LogP) is 0.909. The molecule has 0 saturated carbocycles. The molecule has 0 atom stereocenters. The second-order valence-electron chi connectivity index (χ2n) is 5.34. The maximum Gasteiger partial charge on any atom is 0.414 e. The molecule has 5 N–H and O–H groups in total. The van der Waals surface area contributed by atoms with Gasteiger partial charge >= 0.3 is 11.9 Å². The summed E-state index contributed by atoms with van der Waals surface area (Å²) < 4.78 is 11.1. The molecule has 8 nitrogen and oxygen atoms in total. The number of nitrogens with one attached hydrogen (secondary N) is 1. The van der Waals surface area contributed by atoms with Gasteiger partial charge in [0.2, 0.25) is 0 Å². The Kier molecular flexibility index (Phi) is 13.0. The van der Waals surface area contributed by atoms with Gasteiger partial charge in [-0.1, -0.05) is 26.0 Å². The zero-order valence-corrected chi connectivity index (χ0v) is 14.7. The summed E-state index contributed by atoms with van der Waals surface area (Å²) in [7, 11) is 0. The van der Waals surface area contributed by atoms with Gasteiger partial charge in [-0.15, -0.1) is 0 Å². The third-order valence-electron chi connectivity index (χ3n) is 2.95. The number of aliphatic carboxylic acids is 2. The van der Waals surface area contributed by atoms with E-state index in [0.717, 1.165) is 18.8 Å². The zero-order valence-electron chi connectivity index (χ0n) is 14.7. The summed E-state index contributed by atoms with van der Waals surface area (Å²) in [6.45, 7) is 8.56. The van der Waals surface area contributed by atoms with E-state index in [-0.39, 0.29) is 0 Å². The second kappa shape index (κ2) is 14.2. The van der Waals surface area contributed by atoms with Crippen molar-refractivity contribution in [2.45, 2.75) is 19.8 Å². The molecule has 1 rings (SSSR count). The molecule has 1 aromatic rings. The molecule has 0 amide bonds. The van der Waals surface area contributed by atoms with Crippen LogP contribution in [0.1, 0.15) is 25.3 Å². The second-order valence-corrected chi connectivity index (χ2v) is 5.34. The molecule has 25 heavy (non-hydrogen) atoms. The van der Waals surface area contributed by atoms with Gasteiger partial charge in [-0.25, -0.2) is 9.59 Å². The average molecular weight is 356 g/mol. The van der Waals surface area contributed by atoms with Gasteiger partial charge < -0.3 is 30.7 Å². The Bertz CT molecular complexity index is 496. The van der Waals surface area contributed by atoms with E-state index in [4.69, 9.17) is 35.0 Å². The number of carboxylic acids is 2. The lowest BCUT2D eigenvalue weighted by Gasteiger charge is -2.10. The maximum atomic E-state index is 9.10. The van der Waals surface area contributed by atoms with Crippen LogP contribution in [0.25, 0.3) is 0 Å². The minimum Gasteiger partial charge on any atom is -0.491 e. The summed E-state index contributed by atoms with van der Waals surface area (Å²) in [4.78, 5) is 18.2. The molecule has 0 heterocycles. The number of carbonyl (C=O) groups is 2. The number of benzene rings is 1. The van der Waals surface area contributed by atoms with Gasteiger partial charge in [-0.05, 0) is 23.6 Å². The molecule has 0 aromatic heterocycles. The van der Waals surface area contributed by atoms with Crippen molar-refractivity contribution in [1.82, 2.24) is 5.32 Å². The first-order valence-electron chi connectivity index (χ1n) is 8.06. The van der Waals surface area contributed by atoms with Crippen molar-refractivity contribution in [1.29, 1.82) is 0 Å². The van der Waals surface area contributed by atoms with E-state index in [1.807, 2.05) is 12.1 Å². The summed E-state index contributed by atoms with van der Waals surface area (Å²) in [5, 5.41) is 18.0. The molecule has 0 unspecified atom stereocenters. The average Bonchev–Trinajstić information content (AvgIpc) is 2.58. The van der Waals surface area contributed by atoms with Crippen molar-refractivity contribution in [2.75, 3.05) is 39.5 Å². The van der Waals surface area contributed by atoms with Crippen molar-refractivity contribution in [3.8, 4) is 5.75 Å². The molecule has 0 spiro atoms. The van der Waals surface area contributed by atoms with E-state index in [2.05, 4.69) is 31.3 Å². The minimum atomic E-state index is -1.82. The normalized spacial score (nSPS) is 10.1. The van der Waals surface area contributed by atoms with Crippen molar-refractivity contribution in [3.63, 3.8) is 0 Å². The highest BCUT2D eigenvalue weighted by Gasteiger charge is 2.04. The molecule has 0 aliphatic heterocycles.